The summed E-state index contributed by atoms with van der Waals surface area (Å²) in [5.74, 6) is 1.01. The number of aryl methyl sites for hydroxylation is 1. The summed E-state index contributed by atoms with van der Waals surface area (Å²) >= 11 is 0. The number of carbonyl (C=O) groups is 1. The van der Waals surface area contributed by atoms with Gasteiger partial charge in [-0.15, -0.1) is 0 Å². The molecule has 0 radical (unpaired) electrons. The van der Waals surface area contributed by atoms with Gasteiger partial charge < -0.3 is 25.6 Å². The molecule has 9 heteroatoms. The van der Waals surface area contributed by atoms with E-state index in [4.69, 9.17) is 15.7 Å². The smallest absolute Gasteiger partial charge is 0.404 e. The molecule has 4 N–H and O–H groups in total. The number of carboxylic acid groups (broad SMARTS) is 1. The molecule has 0 spiro atoms. The number of benzene rings is 1. The SMILES string of the molecule is CC(C)=NOCc1nc2c(N)nc3ccccc3c2n1CCCNC(=O)O. The fourth-order valence-electron chi connectivity index (χ4n) is 2.91. The topological polar surface area (TPSA) is 128 Å². The summed E-state index contributed by atoms with van der Waals surface area (Å²) in [7, 11) is 0. The Balaban J connectivity index is 2.04. The van der Waals surface area contributed by atoms with Crippen LogP contribution in [0.25, 0.3) is 21.9 Å². The van der Waals surface area contributed by atoms with Crippen LogP contribution in [0.3, 0.4) is 0 Å². The van der Waals surface area contributed by atoms with Crippen LogP contribution in [0.15, 0.2) is 29.4 Å². The minimum atomic E-state index is -1.04. The number of nitrogen functional groups attached to an aromatic ring is 1. The van der Waals surface area contributed by atoms with Crippen molar-refractivity contribution in [1.82, 2.24) is 19.9 Å². The van der Waals surface area contributed by atoms with Crippen LogP contribution in [0.1, 0.15) is 26.1 Å². The molecular weight excluding hydrogens is 348 g/mol. The van der Waals surface area contributed by atoms with E-state index < -0.39 is 6.09 Å². The Hall–Kier alpha value is -3.36. The predicted octanol–water partition coefficient (Wildman–Crippen LogP) is 2.74. The van der Waals surface area contributed by atoms with Crippen molar-refractivity contribution < 1.29 is 14.7 Å². The van der Waals surface area contributed by atoms with Crippen LogP contribution in [0.2, 0.25) is 0 Å². The number of para-hydroxylation sites is 1. The summed E-state index contributed by atoms with van der Waals surface area (Å²) in [5, 5.41) is 16.0. The molecule has 0 aliphatic heterocycles. The van der Waals surface area contributed by atoms with E-state index in [1.807, 2.05) is 42.7 Å². The first-order valence-corrected chi connectivity index (χ1v) is 8.60. The van der Waals surface area contributed by atoms with Gasteiger partial charge in [-0.1, -0.05) is 23.4 Å². The van der Waals surface area contributed by atoms with Gasteiger partial charge in [0, 0.05) is 18.5 Å². The van der Waals surface area contributed by atoms with Crippen LogP contribution in [-0.2, 0) is 18.0 Å². The molecule has 0 saturated heterocycles. The molecule has 0 unspecified atom stereocenters. The number of nitrogens with two attached hydrogens (primary N) is 1. The maximum absolute atomic E-state index is 10.7. The van der Waals surface area contributed by atoms with Gasteiger partial charge in [-0.25, -0.2) is 14.8 Å². The monoisotopic (exact) mass is 370 g/mol. The number of nitrogens with one attached hydrogen (secondary N) is 1. The molecule has 9 nitrogen and oxygen atoms in total. The average Bonchev–Trinajstić information content (AvgIpc) is 2.98. The van der Waals surface area contributed by atoms with Gasteiger partial charge in [0.05, 0.1) is 16.7 Å². The quantitative estimate of drug-likeness (QED) is 0.333. The van der Waals surface area contributed by atoms with Gasteiger partial charge in [0.1, 0.15) is 5.52 Å². The fourth-order valence-corrected chi connectivity index (χ4v) is 2.91. The van der Waals surface area contributed by atoms with Crippen LogP contribution in [0.5, 0.6) is 0 Å². The van der Waals surface area contributed by atoms with Crippen molar-refractivity contribution in [3.8, 4) is 0 Å². The molecule has 2 heterocycles. The Kier molecular flexibility index (Phi) is 5.39. The normalized spacial score (nSPS) is 10.9. The van der Waals surface area contributed by atoms with Gasteiger partial charge in [0.2, 0.25) is 0 Å². The number of oxime groups is 1. The van der Waals surface area contributed by atoms with Crippen LogP contribution < -0.4 is 11.1 Å². The molecule has 0 fully saturated rings. The van der Waals surface area contributed by atoms with E-state index in [1.165, 1.54) is 0 Å². The second kappa shape index (κ2) is 7.90. The van der Waals surface area contributed by atoms with Gasteiger partial charge in [-0.05, 0) is 26.3 Å². The second-order valence-electron chi connectivity index (χ2n) is 6.29. The summed E-state index contributed by atoms with van der Waals surface area (Å²) in [4.78, 5) is 25.1. The zero-order chi connectivity index (χ0) is 19.4. The Bertz CT molecular complexity index is 1010. The number of pyridine rings is 1. The Morgan fingerprint density at radius 2 is 2.11 bits per heavy atom. The van der Waals surface area contributed by atoms with Crippen molar-refractivity contribution in [2.45, 2.75) is 33.4 Å². The minimum Gasteiger partial charge on any atom is -0.465 e. The third kappa shape index (κ3) is 4.08. The van der Waals surface area contributed by atoms with Crippen molar-refractivity contribution in [2.24, 2.45) is 5.16 Å². The predicted molar refractivity (Wildman–Crippen MR) is 104 cm³/mol. The van der Waals surface area contributed by atoms with Gasteiger partial charge in [-0.2, -0.15) is 0 Å². The number of fused-ring (bicyclic) bond motifs is 3. The van der Waals surface area contributed by atoms with Gasteiger partial charge in [0.15, 0.2) is 18.2 Å². The van der Waals surface area contributed by atoms with Gasteiger partial charge in [0.25, 0.3) is 0 Å². The summed E-state index contributed by atoms with van der Waals surface area (Å²) < 4.78 is 2.00. The lowest BCUT2D eigenvalue weighted by Crippen LogP contribution is -2.23. The molecule has 0 saturated carbocycles. The first kappa shape index (κ1) is 18.4. The fraction of sp³-hybridized carbons (Fsp3) is 0.333. The zero-order valence-corrected chi connectivity index (χ0v) is 15.3. The lowest BCUT2D eigenvalue weighted by atomic mass is 10.2. The summed E-state index contributed by atoms with van der Waals surface area (Å²) in [6.45, 7) is 4.75. The number of anilines is 1. The molecule has 2 aromatic heterocycles. The minimum absolute atomic E-state index is 0.181. The van der Waals surface area contributed by atoms with Crippen molar-refractivity contribution >= 4 is 39.6 Å². The molecule has 1 aromatic carbocycles. The maximum atomic E-state index is 10.7. The number of imidazole rings is 1. The standard InChI is InChI=1S/C18H22N6O3/c1-11(2)23-27-10-14-22-15-16(24(14)9-5-8-20-18(25)26)12-6-3-4-7-13(12)21-17(15)19/h3-4,6-7,20H,5,8-10H2,1-2H3,(H2,19,21)(H,25,26). The number of hydrogen-bond acceptors (Lipinski definition) is 6. The Morgan fingerprint density at radius 3 is 2.85 bits per heavy atom. The van der Waals surface area contributed by atoms with Crippen molar-refractivity contribution in [1.29, 1.82) is 0 Å². The van der Waals surface area contributed by atoms with Gasteiger partial charge in [-0.3, -0.25) is 0 Å². The molecule has 3 rings (SSSR count). The highest BCUT2D eigenvalue weighted by Gasteiger charge is 2.17. The maximum Gasteiger partial charge on any atom is 0.404 e. The number of amides is 1. The van der Waals surface area contributed by atoms with Crippen LogP contribution in [-0.4, -0.2) is 38.0 Å². The lowest BCUT2D eigenvalue weighted by molar-refractivity contribution is 0.122. The Morgan fingerprint density at radius 1 is 1.33 bits per heavy atom. The van der Waals surface area contributed by atoms with E-state index in [-0.39, 0.29) is 6.61 Å². The highest BCUT2D eigenvalue weighted by Crippen LogP contribution is 2.29. The molecule has 142 valence electrons. The molecular formula is C18H22N6O3. The third-order valence-electron chi connectivity index (χ3n) is 3.96. The van der Waals surface area contributed by atoms with Crippen LogP contribution in [0.4, 0.5) is 10.6 Å². The highest BCUT2D eigenvalue weighted by molar-refractivity contribution is 6.06. The molecule has 0 bridgehead atoms. The molecule has 0 aliphatic rings. The van der Waals surface area contributed by atoms with E-state index in [2.05, 4.69) is 20.4 Å². The Labute approximate surface area is 155 Å². The molecule has 0 aliphatic carbocycles. The summed E-state index contributed by atoms with van der Waals surface area (Å²) in [6.07, 6.45) is -0.446. The van der Waals surface area contributed by atoms with E-state index in [9.17, 15) is 4.79 Å². The number of nitrogens with zero attached hydrogens (tertiary/aromatic N) is 4. The molecule has 1 amide bonds. The highest BCUT2D eigenvalue weighted by atomic mass is 16.6. The molecule has 0 atom stereocenters. The van der Waals surface area contributed by atoms with E-state index in [0.29, 0.717) is 36.7 Å². The van der Waals surface area contributed by atoms with Crippen molar-refractivity contribution in [2.75, 3.05) is 12.3 Å². The van der Waals surface area contributed by atoms with E-state index in [0.717, 1.165) is 22.1 Å². The summed E-state index contributed by atoms with van der Waals surface area (Å²) in [5.41, 5.74) is 9.18. The third-order valence-corrected chi connectivity index (χ3v) is 3.96. The summed E-state index contributed by atoms with van der Waals surface area (Å²) in [6, 6.07) is 7.71. The number of aromatic nitrogens is 3. The van der Waals surface area contributed by atoms with Crippen molar-refractivity contribution in [3.63, 3.8) is 0 Å². The van der Waals surface area contributed by atoms with Gasteiger partial charge >= 0.3 is 6.09 Å². The van der Waals surface area contributed by atoms with E-state index >= 15 is 0 Å². The average molecular weight is 370 g/mol. The zero-order valence-electron chi connectivity index (χ0n) is 15.3. The van der Waals surface area contributed by atoms with Crippen LogP contribution >= 0.6 is 0 Å². The number of hydrogen-bond donors (Lipinski definition) is 3. The number of rotatable bonds is 7. The van der Waals surface area contributed by atoms with E-state index in [1.54, 1.807) is 0 Å². The first-order valence-electron chi connectivity index (χ1n) is 8.60. The second-order valence-corrected chi connectivity index (χ2v) is 6.29. The van der Waals surface area contributed by atoms with Crippen molar-refractivity contribution in [3.05, 3.63) is 30.1 Å². The molecule has 27 heavy (non-hydrogen) atoms. The van der Waals surface area contributed by atoms with Crippen LogP contribution in [0, 0.1) is 0 Å². The molecule has 3 aromatic rings. The first-order chi connectivity index (χ1) is 13.0. The lowest BCUT2D eigenvalue weighted by Gasteiger charge is -2.10. The largest absolute Gasteiger partial charge is 0.465 e.